The second kappa shape index (κ2) is 12.4. The van der Waals surface area contributed by atoms with Gasteiger partial charge in [-0.15, -0.1) is 0 Å². The highest BCUT2D eigenvalue weighted by Gasteiger charge is 2.25. The van der Waals surface area contributed by atoms with E-state index < -0.39 is 0 Å². The first kappa shape index (κ1) is 27.4. The molecule has 2 aromatic carbocycles. The van der Waals surface area contributed by atoms with Gasteiger partial charge in [0.1, 0.15) is 11.9 Å². The fraction of sp³-hybridized carbons (Fsp3) is 0.438. The molecule has 0 bridgehead atoms. The quantitative estimate of drug-likeness (QED) is 0.454. The average molecular weight is 559 g/mol. The van der Waals surface area contributed by atoms with Crippen LogP contribution in [0.25, 0.3) is 10.9 Å². The second-order valence-electron chi connectivity index (χ2n) is 11.2. The van der Waals surface area contributed by atoms with E-state index in [4.69, 9.17) is 14.5 Å². The predicted molar refractivity (Wildman–Crippen MR) is 156 cm³/mol. The number of imide groups is 1. The maximum absolute atomic E-state index is 11.7. The van der Waals surface area contributed by atoms with Gasteiger partial charge in [0, 0.05) is 76.2 Å². The molecule has 0 spiro atoms. The molecule has 9 heteroatoms. The van der Waals surface area contributed by atoms with E-state index >= 15 is 0 Å². The van der Waals surface area contributed by atoms with Crippen molar-refractivity contribution in [2.75, 3.05) is 26.3 Å². The predicted octanol–water partition coefficient (Wildman–Crippen LogP) is 4.08. The Morgan fingerprint density at radius 3 is 2.59 bits per heavy atom. The monoisotopic (exact) mass is 558 g/mol. The van der Waals surface area contributed by atoms with Crippen LogP contribution < -0.4 is 15.4 Å². The number of benzene rings is 2. The Balaban J connectivity index is 0.000000342. The Morgan fingerprint density at radius 2 is 1.80 bits per heavy atom. The number of ether oxygens (including phenoxy) is 2. The van der Waals surface area contributed by atoms with E-state index in [1.54, 1.807) is 0 Å². The average Bonchev–Trinajstić information content (AvgIpc) is 3.58. The van der Waals surface area contributed by atoms with Gasteiger partial charge in [0.05, 0.1) is 5.52 Å². The van der Waals surface area contributed by atoms with Gasteiger partial charge in [-0.3, -0.25) is 29.6 Å². The van der Waals surface area contributed by atoms with Gasteiger partial charge in [0.2, 0.25) is 11.8 Å². The largest absolute Gasteiger partial charge is 0.489 e. The van der Waals surface area contributed by atoms with Crippen molar-refractivity contribution in [2.24, 2.45) is 0 Å². The normalized spacial score (nSPS) is 21.2. The van der Waals surface area contributed by atoms with Gasteiger partial charge in [-0.25, -0.2) is 0 Å². The van der Waals surface area contributed by atoms with Crippen molar-refractivity contribution in [3.05, 3.63) is 70.9 Å². The SMILES string of the molecule is O=C1CCCC(=O)N1.O=C1NCc2cc(O[C@H]3CCN(Cc4ccc5nc(C6CCOCC6)ccc5c4)C3)ccc21.[HH]. The molecule has 5 heterocycles. The van der Waals surface area contributed by atoms with Crippen LogP contribution in [-0.2, 0) is 27.4 Å². The molecule has 3 saturated heterocycles. The van der Waals surface area contributed by atoms with Crippen LogP contribution in [-0.4, -0.2) is 60.0 Å². The number of hydrogen-bond donors (Lipinski definition) is 2. The summed E-state index contributed by atoms with van der Waals surface area (Å²) >= 11 is 0. The Hall–Kier alpha value is -3.82. The number of carbonyl (C=O) groups is 3. The molecule has 4 aliphatic heterocycles. The minimum absolute atomic E-state index is 0. The fourth-order valence-corrected chi connectivity index (χ4v) is 5.97. The summed E-state index contributed by atoms with van der Waals surface area (Å²) in [5, 5.41) is 6.27. The molecule has 0 aliphatic carbocycles. The van der Waals surface area contributed by atoms with Crippen molar-refractivity contribution >= 4 is 28.6 Å². The molecule has 0 unspecified atom stereocenters. The molecule has 0 radical (unpaired) electrons. The summed E-state index contributed by atoms with van der Waals surface area (Å²) in [7, 11) is 0. The van der Waals surface area contributed by atoms with Gasteiger partial charge >= 0.3 is 0 Å². The zero-order valence-electron chi connectivity index (χ0n) is 23.2. The Kier molecular flexibility index (Phi) is 8.25. The van der Waals surface area contributed by atoms with Crippen molar-refractivity contribution in [2.45, 2.75) is 63.6 Å². The number of amides is 3. The van der Waals surface area contributed by atoms with Crippen molar-refractivity contribution < 1.29 is 25.3 Å². The molecule has 3 aromatic rings. The van der Waals surface area contributed by atoms with E-state index in [2.05, 4.69) is 45.9 Å². The molecule has 2 N–H and O–H groups in total. The van der Waals surface area contributed by atoms with E-state index in [0.717, 1.165) is 74.5 Å². The van der Waals surface area contributed by atoms with Crippen molar-refractivity contribution in [3.8, 4) is 5.75 Å². The number of hydrogen-bond acceptors (Lipinski definition) is 7. The first-order valence-electron chi connectivity index (χ1n) is 14.6. The van der Waals surface area contributed by atoms with Crippen LogP contribution in [0.3, 0.4) is 0 Å². The van der Waals surface area contributed by atoms with Gasteiger partial charge in [-0.2, -0.15) is 0 Å². The van der Waals surface area contributed by atoms with Gasteiger partial charge in [0.25, 0.3) is 5.91 Å². The zero-order chi connectivity index (χ0) is 28.2. The molecule has 3 amide bonds. The third-order valence-corrected chi connectivity index (χ3v) is 8.20. The Labute approximate surface area is 241 Å². The van der Waals surface area contributed by atoms with E-state index in [-0.39, 0.29) is 25.3 Å². The first-order valence-corrected chi connectivity index (χ1v) is 14.6. The highest BCUT2D eigenvalue weighted by atomic mass is 16.5. The Bertz CT molecular complexity index is 1440. The fourth-order valence-electron chi connectivity index (χ4n) is 5.97. The summed E-state index contributed by atoms with van der Waals surface area (Å²) in [5.74, 6) is 1.11. The first-order chi connectivity index (χ1) is 20.0. The van der Waals surface area contributed by atoms with Crippen LogP contribution in [0.5, 0.6) is 5.75 Å². The van der Waals surface area contributed by atoms with Crippen LogP contribution in [0, 0.1) is 0 Å². The summed E-state index contributed by atoms with van der Waals surface area (Å²) in [6.45, 7) is 5.12. The van der Waals surface area contributed by atoms with Crippen molar-refractivity contribution in [3.63, 3.8) is 0 Å². The maximum Gasteiger partial charge on any atom is 0.251 e. The summed E-state index contributed by atoms with van der Waals surface area (Å²) < 4.78 is 11.7. The van der Waals surface area contributed by atoms with Gasteiger partial charge in [-0.1, -0.05) is 12.1 Å². The van der Waals surface area contributed by atoms with E-state index in [9.17, 15) is 14.4 Å². The lowest BCUT2D eigenvalue weighted by Gasteiger charge is -2.22. The van der Waals surface area contributed by atoms with E-state index in [1.165, 1.54) is 16.6 Å². The molecule has 9 nitrogen and oxygen atoms in total. The van der Waals surface area contributed by atoms with Gasteiger partial charge < -0.3 is 14.8 Å². The highest BCUT2D eigenvalue weighted by molar-refractivity contribution is 5.98. The summed E-state index contributed by atoms with van der Waals surface area (Å²) in [5.41, 5.74) is 5.38. The van der Waals surface area contributed by atoms with Gasteiger partial charge in [-0.05, 0) is 73.2 Å². The standard InChI is InChI=1S/C27H29N3O3.C5H7NO2.H2/c31-27-24-4-3-22(14-21(24)15-28-27)33-23-7-10-30(17-23)16-18-1-5-26-20(13-18)2-6-25(29-26)19-8-11-32-12-9-19;7-4-2-1-3-5(8)6-4;/h1-6,13-14,19,23H,7-12,15-17H2,(H,28,31);1-3H2,(H,6,7,8);1H/t23-;;/m0../s1. The summed E-state index contributed by atoms with van der Waals surface area (Å²) in [4.78, 5) is 39.8. The number of likely N-dealkylation sites (tertiary alicyclic amines) is 1. The molecule has 0 saturated carbocycles. The minimum atomic E-state index is -0.138. The van der Waals surface area contributed by atoms with Crippen LogP contribution in [0.4, 0.5) is 0 Å². The van der Waals surface area contributed by atoms with Crippen molar-refractivity contribution in [1.29, 1.82) is 0 Å². The lowest BCUT2D eigenvalue weighted by molar-refractivity contribution is -0.132. The number of rotatable bonds is 5. The van der Waals surface area contributed by atoms with Crippen LogP contribution >= 0.6 is 0 Å². The molecule has 4 aliphatic rings. The third-order valence-electron chi connectivity index (χ3n) is 8.20. The zero-order valence-corrected chi connectivity index (χ0v) is 23.2. The Morgan fingerprint density at radius 1 is 0.976 bits per heavy atom. The van der Waals surface area contributed by atoms with Crippen LogP contribution in [0.15, 0.2) is 48.5 Å². The number of nitrogens with one attached hydrogen (secondary N) is 2. The number of pyridine rings is 1. The molecule has 1 atom stereocenters. The number of nitrogens with zero attached hydrogens (tertiary/aromatic N) is 2. The molecular weight excluding hydrogens is 520 g/mol. The molecular formula is C32H38N4O5. The lowest BCUT2D eigenvalue weighted by atomic mass is 9.95. The van der Waals surface area contributed by atoms with Gasteiger partial charge in [0.15, 0.2) is 0 Å². The van der Waals surface area contributed by atoms with Crippen LogP contribution in [0.2, 0.25) is 0 Å². The third kappa shape index (κ3) is 6.74. The number of fused-ring (bicyclic) bond motifs is 2. The van der Waals surface area contributed by atoms with E-state index in [0.29, 0.717) is 31.7 Å². The summed E-state index contributed by atoms with van der Waals surface area (Å²) in [6.07, 6.45) is 5.04. The topological polar surface area (TPSA) is 110 Å². The second-order valence-corrected chi connectivity index (χ2v) is 11.2. The molecule has 3 fully saturated rings. The van der Waals surface area contributed by atoms with E-state index in [1.807, 2.05) is 18.2 Å². The number of aromatic nitrogens is 1. The lowest BCUT2D eigenvalue weighted by Crippen LogP contribution is -2.33. The molecule has 41 heavy (non-hydrogen) atoms. The molecule has 216 valence electrons. The van der Waals surface area contributed by atoms with Crippen molar-refractivity contribution in [1.82, 2.24) is 20.5 Å². The number of carbonyl (C=O) groups excluding carboxylic acids is 3. The summed E-state index contributed by atoms with van der Waals surface area (Å²) in [6, 6.07) is 16.9. The molecule has 7 rings (SSSR count). The molecule has 1 aromatic heterocycles. The minimum Gasteiger partial charge on any atom is -0.489 e. The van der Waals surface area contributed by atoms with Crippen LogP contribution in [0.1, 0.15) is 73.0 Å². The maximum atomic E-state index is 11.7. The number of piperidine rings is 1. The smallest absolute Gasteiger partial charge is 0.251 e. The highest BCUT2D eigenvalue weighted by Crippen LogP contribution is 2.28.